The zero-order valence-corrected chi connectivity index (χ0v) is 10.6. The lowest BCUT2D eigenvalue weighted by Crippen LogP contribution is -2.18. The van der Waals surface area contributed by atoms with Gasteiger partial charge in [0.15, 0.2) is 0 Å². The molecule has 0 bridgehead atoms. The minimum atomic E-state index is 0.506. The number of aryl methyl sites for hydroxylation is 1. The van der Waals surface area contributed by atoms with Gasteiger partial charge in [0.05, 0.1) is 6.10 Å². The number of benzene rings is 1. The van der Waals surface area contributed by atoms with E-state index in [-0.39, 0.29) is 0 Å². The molecule has 84 valence electrons. The number of hydrogen-bond acceptors (Lipinski definition) is 2. The van der Waals surface area contributed by atoms with E-state index >= 15 is 0 Å². The van der Waals surface area contributed by atoms with Crippen LogP contribution in [0.3, 0.4) is 0 Å². The Kier molecular flexibility index (Phi) is 5.81. The molecule has 0 spiro atoms. The standard InChI is InChI=1S/C11H14OS.C2H6/c1-9-5-7-11(8-6-9)13-12-10-3-2-4-10;1-2/h5-8,10H,2-4H2,1H3;1-2H3. The first-order valence-corrected chi connectivity index (χ1v) is 6.49. The fraction of sp³-hybridized carbons (Fsp3) is 0.538. The van der Waals surface area contributed by atoms with E-state index in [0.717, 1.165) is 0 Å². The van der Waals surface area contributed by atoms with Crippen LogP contribution in [0, 0.1) is 6.92 Å². The van der Waals surface area contributed by atoms with Crippen molar-refractivity contribution in [1.29, 1.82) is 0 Å². The van der Waals surface area contributed by atoms with E-state index in [0.29, 0.717) is 6.10 Å². The molecule has 2 rings (SSSR count). The Morgan fingerprint density at radius 1 is 1.13 bits per heavy atom. The maximum Gasteiger partial charge on any atom is 0.0727 e. The van der Waals surface area contributed by atoms with Gasteiger partial charge in [-0.15, -0.1) is 0 Å². The van der Waals surface area contributed by atoms with Gasteiger partial charge in [0.25, 0.3) is 0 Å². The highest BCUT2D eigenvalue weighted by Gasteiger charge is 2.18. The van der Waals surface area contributed by atoms with Crippen molar-refractivity contribution in [3.63, 3.8) is 0 Å². The van der Waals surface area contributed by atoms with Gasteiger partial charge in [-0.1, -0.05) is 31.5 Å². The van der Waals surface area contributed by atoms with Crippen LogP contribution < -0.4 is 0 Å². The van der Waals surface area contributed by atoms with E-state index < -0.39 is 0 Å². The van der Waals surface area contributed by atoms with Gasteiger partial charge in [-0.25, -0.2) is 0 Å². The van der Waals surface area contributed by atoms with Gasteiger partial charge < -0.3 is 4.18 Å². The molecule has 0 atom stereocenters. The Balaban J connectivity index is 0.000000531. The Morgan fingerprint density at radius 3 is 2.20 bits per heavy atom. The van der Waals surface area contributed by atoms with E-state index in [2.05, 4.69) is 31.2 Å². The summed E-state index contributed by atoms with van der Waals surface area (Å²) in [6.07, 6.45) is 4.31. The first-order valence-electron chi connectivity index (χ1n) is 5.74. The van der Waals surface area contributed by atoms with E-state index in [1.54, 1.807) is 0 Å². The minimum absolute atomic E-state index is 0.506. The molecule has 1 aliphatic carbocycles. The molecular formula is C13H20OS. The van der Waals surface area contributed by atoms with Gasteiger partial charge >= 0.3 is 0 Å². The van der Waals surface area contributed by atoms with Crippen LogP contribution in [-0.2, 0) is 4.18 Å². The fourth-order valence-electron chi connectivity index (χ4n) is 1.18. The Labute approximate surface area is 97.4 Å². The highest BCUT2D eigenvalue weighted by atomic mass is 32.2. The van der Waals surface area contributed by atoms with E-state index in [4.69, 9.17) is 4.18 Å². The van der Waals surface area contributed by atoms with Crippen molar-refractivity contribution in [1.82, 2.24) is 0 Å². The van der Waals surface area contributed by atoms with Gasteiger partial charge in [0.2, 0.25) is 0 Å². The van der Waals surface area contributed by atoms with Crippen LogP contribution in [0.15, 0.2) is 29.2 Å². The summed E-state index contributed by atoms with van der Waals surface area (Å²) in [6.45, 7) is 6.10. The zero-order valence-electron chi connectivity index (χ0n) is 9.82. The smallest absolute Gasteiger partial charge is 0.0727 e. The van der Waals surface area contributed by atoms with Gasteiger partial charge in [-0.05, 0) is 38.3 Å². The lowest BCUT2D eigenvalue weighted by Gasteiger charge is -2.24. The average molecular weight is 224 g/mol. The van der Waals surface area contributed by atoms with Crippen molar-refractivity contribution in [3.8, 4) is 0 Å². The molecule has 1 nitrogen and oxygen atoms in total. The first kappa shape index (κ1) is 12.6. The molecule has 0 unspecified atom stereocenters. The molecule has 1 saturated carbocycles. The zero-order chi connectivity index (χ0) is 11.1. The molecule has 0 N–H and O–H groups in total. The van der Waals surface area contributed by atoms with Crippen LogP contribution in [0.1, 0.15) is 38.7 Å². The van der Waals surface area contributed by atoms with E-state index in [1.165, 1.54) is 41.8 Å². The fourth-order valence-corrected chi connectivity index (χ4v) is 1.87. The third kappa shape index (κ3) is 4.27. The summed E-state index contributed by atoms with van der Waals surface area (Å²) in [4.78, 5) is 1.21. The molecular weight excluding hydrogens is 204 g/mol. The van der Waals surface area contributed by atoms with Crippen molar-refractivity contribution in [2.75, 3.05) is 0 Å². The summed E-state index contributed by atoms with van der Waals surface area (Å²) in [5, 5.41) is 0. The maximum absolute atomic E-state index is 5.62. The van der Waals surface area contributed by atoms with Crippen molar-refractivity contribution >= 4 is 12.0 Å². The summed E-state index contributed by atoms with van der Waals surface area (Å²) in [5.74, 6) is 0. The third-order valence-electron chi connectivity index (χ3n) is 2.35. The summed E-state index contributed by atoms with van der Waals surface area (Å²) in [5.41, 5.74) is 1.30. The molecule has 1 aromatic rings. The molecule has 1 aliphatic rings. The molecule has 0 heterocycles. The lowest BCUT2D eigenvalue weighted by atomic mass is 9.97. The van der Waals surface area contributed by atoms with E-state index in [1.807, 2.05) is 13.8 Å². The van der Waals surface area contributed by atoms with Gasteiger partial charge in [-0.3, -0.25) is 0 Å². The van der Waals surface area contributed by atoms with Crippen molar-refractivity contribution in [2.45, 2.75) is 51.0 Å². The second kappa shape index (κ2) is 6.91. The van der Waals surface area contributed by atoms with Crippen molar-refractivity contribution in [3.05, 3.63) is 29.8 Å². The second-order valence-electron chi connectivity index (χ2n) is 3.55. The summed E-state index contributed by atoms with van der Waals surface area (Å²) >= 11 is 1.51. The van der Waals surface area contributed by atoms with Crippen LogP contribution in [0.4, 0.5) is 0 Å². The lowest BCUT2D eigenvalue weighted by molar-refractivity contribution is 0.148. The van der Waals surface area contributed by atoms with Gasteiger partial charge in [-0.2, -0.15) is 0 Å². The average Bonchev–Trinajstić information content (AvgIpc) is 2.22. The SMILES string of the molecule is CC.Cc1ccc(SOC2CCC2)cc1. The van der Waals surface area contributed by atoms with Crippen LogP contribution >= 0.6 is 12.0 Å². The van der Waals surface area contributed by atoms with Crippen molar-refractivity contribution in [2.24, 2.45) is 0 Å². The normalized spacial score (nSPS) is 15.1. The predicted molar refractivity (Wildman–Crippen MR) is 67.1 cm³/mol. The first-order chi connectivity index (χ1) is 7.34. The minimum Gasteiger partial charge on any atom is -0.307 e. The molecule has 0 amide bonds. The molecule has 0 saturated heterocycles. The largest absolute Gasteiger partial charge is 0.307 e. The van der Waals surface area contributed by atoms with Crippen LogP contribution in [0.5, 0.6) is 0 Å². The van der Waals surface area contributed by atoms with Gasteiger partial charge in [0.1, 0.15) is 0 Å². The maximum atomic E-state index is 5.62. The molecule has 0 radical (unpaired) electrons. The molecule has 0 aliphatic heterocycles. The highest BCUT2D eigenvalue weighted by molar-refractivity contribution is 7.94. The topological polar surface area (TPSA) is 9.23 Å². The molecule has 0 aromatic heterocycles. The van der Waals surface area contributed by atoms with Crippen LogP contribution in [0.25, 0.3) is 0 Å². The second-order valence-corrected chi connectivity index (χ2v) is 4.38. The Hall–Kier alpha value is -0.470. The van der Waals surface area contributed by atoms with Crippen molar-refractivity contribution < 1.29 is 4.18 Å². The predicted octanol–water partition coefficient (Wildman–Crippen LogP) is 4.60. The Morgan fingerprint density at radius 2 is 1.73 bits per heavy atom. The Bertz CT molecular complexity index is 264. The number of rotatable bonds is 3. The summed E-state index contributed by atoms with van der Waals surface area (Å²) in [6, 6.07) is 8.45. The van der Waals surface area contributed by atoms with E-state index in [9.17, 15) is 0 Å². The van der Waals surface area contributed by atoms with Gasteiger partial charge in [0, 0.05) is 16.9 Å². The van der Waals surface area contributed by atoms with Crippen LogP contribution in [-0.4, -0.2) is 6.10 Å². The molecule has 15 heavy (non-hydrogen) atoms. The molecule has 2 heteroatoms. The van der Waals surface area contributed by atoms with Crippen LogP contribution in [0.2, 0.25) is 0 Å². The summed E-state index contributed by atoms with van der Waals surface area (Å²) < 4.78 is 5.62. The number of hydrogen-bond donors (Lipinski definition) is 0. The molecule has 1 fully saturated rings. The monoisotopic (exact) mass is 224 g/mol. The molecule has 1 aromatic carbocycles. The quantitative estimate of drug-likeness (QED) is 0.694. The third-order valence-corrected chi connectivity index (χ3v) is 3.19. The summed E-state index contributed by atoms with van der Waals surface area (Å²) in [7, 11) is 0. The highest BCUT2D eigenvalue weighted by Crippen LogP contribution is 2.29.